The molecule has 43 heavy (non-hydrogen) atoms. The van der Waals surface area contributed by atoms with Gasteiger partial charge in [0.2, 0.25) is 15.9 Å². The van der Waals surface area contributed by atoms with Gasteiger partial charge in [-0.25, -0.2) is 18.1 Å². The molecule has 2 aromatic heterocycles. The van der Waals surface area contributed by atoms with E-state index in [4.69, 9.17) is 32.5 Å². The monoisotopic (exact) mass is 644 g/mol. The van der Waals surface area contributed by atoms with Crippen molar-refractivity contribution in [2.45, 2.75) is 81.3 Å². The number of nitrogens with one attached hydrogen (secondary N) is 1. The number of nitrogens with zero attached hydrogens (tertiary/aromatic N) is 3. The molecule has 2 amide bonds. The Bertz CT molecular complexity index is 1660. The quantitative estimate of drug-likeness (QED) is 0.317. The lowest BCUT2D eigenvalue weighted by atomic mass is 10.0. The number of benzene rings is 1. The average Bonchev–Trinajstić information content (AvgIpc) is 3.34. The van der Waals surface area contributed by atoms with E-state index in [0.717, 1.165) is 37.0 Å². The number of sulfonamides is 1. The Balaban J connectivity index is 1.02. The van der Waals surface area contributed by atoms with Gasteiger partial charge in [0, 0.05) is 23.1 Å². The summed E-state index contributed by atoms with van der Waals surface area (Å²) < 4.78 is 39.3. The summed E-state index contributed by atoms with van der Waals surface area (Å²) >= 11 is 13.0. The van der Waals surface area contributed by atoms with E-state index in [1.165, 1.54) is 12.3 Å². The summed E-state index contributed by atoms with van der Waals surface area (Å²) in [6, 6.07) is 8.31. The molecule has 1 aromatic carbocycles. The highest BCUT2D eigenvalue weighted by Crippen LogP contribution is 2.47. The van der Waals surface area contributed by atoms with Gasteiger partial charge >= 0.3 is 0 Å². The van der Waals surface area contributed by atoms with E-state index in [-0.39, 0.29) is 36.3 Å². The standard InChI is InChI=1S/C30H30Cl2N4O6S/c31-22-6-3-7-23(32)26(22)27-21(28(42-34-27)16-8-9-16)15-41-25-13-18-12-20(25)30(38)36(18)17-10-11-24(33-14-17)29(37)35-43(39,40)19-4-1-2-5-19/h3,6-7,10-11,14,16,18-20,25H,1-2,4-5,8-9,12-13,15H2,(H,35,37)/t18-,20+,25+/m0/s1. The molecule has 0 radical (unpaired) electrons. The van der Waals surface area contributed by atoms with E-state index in [1.54, 1.807) is 29.2 Å². The Morgan fingerprint density at radius 1 is 1.07 bits per heavy atom. The third-order valence-electron chi connectivity index (χ3n) is 9.04. The topological polar surface area (TPSA) is 132 Å². The molecule has 0 unspecified atom stereocenters. The van der Waals surface area contributed by atoms with E-state index in [0.29, 0.717) is 58.6 Å². The highest BCUT2D eigenvalue weighted by Gasteiger charge is 2.52. The molecule has 1 aliphatic heterocycles. The van der Waals surface area contributed by atoms with Gasteiger partial charge in [0.25, 0.3) is 5.91 Å². The molecule has 3 heterocycles. The minimum Gasteiger partial charge on any atom is -0.372 e. The van der Waals surface area contributed by atoms with E-state index in [1.807, 2.05) is 0 Å². The number of halogens is 2. The largest absolute Gasteiger partial charge is 0.372 e. The number of piperidine rings is 1. The molecule has 4 fully saturated rings. The fraction of sp³-hybridized carbons (Fsp3) is 0.467. The first-order chi connectivity index (χ1) is 20.7. The van der Waals surface area contributed by atoms with Gasteiger partial charge in [0.1, 0.15) is 17.1 Å². The lowest BCUT2D eigenvalue weighted by Gasteiger charge is -2.31. The van der Waals surface area contributed by atoms with Gasteiger partial charge in [-0.2, -0.15) is 0 Å². The van der Waals surface area contributed by atoms with Crippen LogP contribution in [0.3, 0.4) is 0 Å². The summed E-state index contributed by atoms with van der Waals surface area (Å²) in [5.74, 6) is -0.0720. The Morgan fingerprint density at radius 2 is 1.81 bits per heavy atom. The maximum atomic E-state index is 13.4. The summed E-state index contributed by atoms with van der Waals surface area (Å²) in [6.45, 7) is 0.225. The molecule has 1 N–H and O–H groups in total. The molecule has 10 nitrogen and oxygen atoms in total. The number of carbonyl (C=O) groups is 2. The van der Waals surface area contributed by atoms with Gasteiger partial charge in [-0.05, 0) is 62.8 Å². The van der Waals surface area contributed by atoms with Crippen LogP contribution in [0.15, 0.2) is 41.1 Å². The Morgan fingerprint density at radius 3 is 2.47 bits per heavy atom. The van der Waals surface area contributed by atoms with E-state index in [9.17, 15) is 18.0 Å². The Labute approximate surface area is 259 Å². The van der Waals surface area contributed by atoms with Crippen LogP contribution < -0.4 is 9.62 Å². The molecule has 13 heteroatoms. The van der Waals surface area contributed by atoms with Crippen molar-refractivity contribution in [3.8, 4) is 11.3 Å². The minimum atomic E-state index is -3.74. The number of aromatic nitrogens is 2. The first-order valence-electron chi connectivity index (χ1n) is 14.6. The first kappa shape index (κ1) is 28.8. The SMILES string of the molecule is O=C(NS(=O)(=O)C1CCCC1)c1ccc(N2C(=O)[C@@H]3C[C@H]2C[C@H]3OCc2c(-c3c(Cl)cccc3Cl)noc2C2CC2)cn1. The normalized spacial score (nSPS) is 23.8. The zero-order valence-electron chi connectivity index (χ0n) is 23.2. The number of hydrogen-bond acceptors (Lipinski definition) is 8. The average molecular weight is 646 g/mol. The van der Waals surface area contributed by atoms with Crippen LogP contribution in [-0.4, -0.2) is 47.8 Å². The van der Waals surface area contributed by atoms with Gasteiger partial charge in [-0.1, -0.05) is 47.3 Å². The van der Waals surface area contributed by atoms with E-state index in [2.05, 4.69) is 14.9 Å². The van der Waals surface area contributed by atoms with Crippen molar-refractivity contribution < 1.29 is 27.3 Å². The van der Waals surface area contributed by atoms with Crippen molar-refractivity contribution >= 4 is 50.7 Å². The van der Waals surface area contributed by atoms with E-state index >= 15 is 0 Å². The molecule has 1 saturated heterocycles. The molecule has 226 valence electrons. The van der Waals surface area contributed by atoms with Crippen LogP contribution in [-0.2, 0) is 26.2 Å². The highest BCUT2D eigenvalue weighted by molar-refractivity contribution is 7.90. The number of rotatable bonds is 9. The van der Waals surface area contributed by atoms with Crippen molar-refractivity contribution in [3.05, 3.63) is 63.6 Å². The number of pyridine rings is 1. The maximum Gasteiger partial charge on any atom is 0.283 e. The van der Waals surface area contributed by atoms with Crippen LogP contribution in [0.4, 0.5) is 5.69 Å². The summed E-state index contributed by atoms with van der Waals surface area (Å²) in [5, 5.41) is 4.72. The zero-order valence-corrected chi connectivity index (χ0v) is 25.5. The molecule has 7 rings (SSSR count). The molecule has 3 saturated carbocycles. The van der Waals surface area contributed by atoms with Crippen molar-refractivity contribution in [2.75, 3.05) is 4.90 Å². The third-order valence-corrected chi connectivity index (χ3v) is 11.5. The number of carbonyl (C=O) groups excluding carboxylic acids is 2. The Hall–Kier alpha value is -2.99. The number of anilines is 1. The molecule has 3 aliphatic carbocycles. The lowest BCUT2D eigenvalue weighted by molar-refractivity contribution is -0.126. The van der Waals surface area contributed by atoms with Crippen LogP contribution in [0.5, 0.6) is 0 Å². The molecule has 3 atom stereocenters. The van der Waals surface area contributed by atoms with Gasteiger partial charge in [-0.15, -0.1) is 0 Å². The van der Waals surface area contributed by atoms with Gasteiger partial charge < -0.3 is 14.2 Å². The second-order valence-corrected chi connectivity index (χ2v) is 14.6. The van der Waals surface area contributed by atoms with Crippen molar-refractivity contribution in [3.63, 3.8) is 0 Å². The lowest BCUT2D eigenvalue weighted by Crippen LogP contribution is -2.43. The van der Waals surface area contributed by atoms with Crippen LogP contribution in [0, 0.1) is 5.92 Å². The van der Waals surface area contributed by atoms with Gasteiger partial charge in [-0.3, -0.25) is 9.59 Å². The molecule has 0 spiro atoms. The number of hydrogen-bond donors (Lipinski definition) is 1. The molecule has 3 aromatic rings. The minimum absolute atomic E-state index is 0.0158. The van der Waals surface area contributed by atoms with Gasteiger partial charge in [0.15, 0.2) is 0 Å². The number of fused-ring (bicyclic) bond motifs is 2. The Kier molecular flexibility index (Phi) is 7.48. The molecular weight excluding hydrogens is 615 g/mol. The molecular formula is C30H30Cl2N4O6S. The fourth-order valence-corrected chi connectivity index (χ4v) is 8.75. The smallest absolute Gasteiger partial charge is 0.283 e. The van der Waals surface area contributed by atoms with Crippen LogP contribution >= 0.6 is 23.2 Å². The van der Waals surface area contributed by atoms with Gasteiger partial charge in [0.05, 0.1) is 45.8 Å². The second-order valence-electron chi connectivity index (χ2n) is 11.8. The summed E-state index contributed by atoms with van der Waals surface area (Å²) in [5.41, 5.74) is 2.54. The molecule has 2 bridgehead atoms. The summed E-state index contributed by atoms with van der Waals surface area (Å²) in [4.78, 5) is 31.9. The third kappa shape index (κ3) is 5.34. The summed E-state index contributed by atoms with van der Waals surface area (Å²) in [6.07, 6.45) is 7.28. The van der Waals surface area contributed by atoms with Crippen LogP contribution in [0.25, 0.3) is 11.3 Å². The van der Waals surface area contributed by atoms with Crippen LogP contribution in [0.2, 0.25) is 10.0 Å². The first-order valence-corrected chi connectivity index (χ1v) is 16.9. The van der Waals surface area contributed by atoms with E-state index < -0.39 is 21.2 Å². The highest BCUT2D eigenvalue weighted by atomic mass is 35.5. The van der Waals surface area contributed by atoms with Crippen LogP contribution in [0.1, 0.15) is 79.1 Å². The molecule has 4 aliphatic rings. The predicted octanol–water partition coefficient (Wildman–Crippen LogP) is 5.63. The number of ether oxygens (including phenoxy) is 1. The second kappa shape index (κ2) is 11.2. The summed E-state index contributed by atoms with van der Waals surface area (Å²) in [7, 11) is -3.74. The van der Waals surface area contributed by atoms with Crippen molar-refractivity contribution in [2.24, 2.45) is 5.92 Å². The predicted molar refractivity (Wildman–Crippen MR) is 159 cm³/mol. The number of amides is 2. The van der Waals surface area contributed by atoms with Crippen molar-refractivity contribution in [1.29, 1.82) is 0 Å². The zero-order chi connectivity index (χ0) is 29.9. The maximum absolute atomic E-state index is 13.4. The van der Waals surface area contributed by atoms with Crippen molar-refractivity contribution in [1.82, 2.24) is 14.9 Å². The fourth-order valence-electron chi connectivity index (χ4n) is 6.69.